The number of aromatic nitrogens is 2. The largest absolute Gasteiger partial charge is 0.429 e. The summed E-state index contributed by atoms with van der Waals surface area (Å²) in [4.78, 5) is 27.7. The molecule has 0 aliphatic heterocycles. The molecular formula is C10H5BrClN3O4. The van der Waals surface area contributed by atoms with Crippen molar-refractivity contribution in [1.82, 2.24) is 9.97 Å². The third kappa shape index (κ3) is 2.74. The van der Waals surface area contributed by atoms with E-state index in [9.17, 15) is 14.9 Å². The van der Waals surface area contributed by atoms with Crippen molar-refractivity contribution in [2.24, 2.45) is 0 Å². The fraction of sp³-hybridized carbons (Fsp3) is 0. The van der Waals surface area contributed by atoms with Gasteiger partial charge in [0.15, 0.2) is 0 Å². The molecule has 0 bridgehead atoms. The van der Waals surface area contributed by atoms with Gasteiger partial charge in [-0.3, -0.25) is 14.9 Å². The van der Waals surface area contributed by atoms with Crippen molar-refractivity contribution < 1.29 is 9.66 Å². The fourth-order valence-corrected chi connectivity index (χ4v) is 1.78. The number of aromatic amines is 1. The summed E-state index contributed by atoms with van der Waals surface area (Å²) in [5.74, 6) is -0.284. The highest BCUT2D eigenvalue weighted by atomic mass is 79.9. The van der Waals surface area contributed by atoms with Gasteiger partial charge in [0.25, 0.3) is 5.56 Å². The number of nitrogens with one attached hydrogen (secondary N) is 1. The number of hydrogen-bond donors (Lipinski definition) is 1. The molecule has 0 spiro atoms. The van der Waals surface area contributed by atoms with Gasteiger partial charge >= 0.3 is 5.69 Å². The monoisotopic (exact) mass is 345 g/mol. The predicted molar refractivity (Wildman–Crippen MR) is 70.7 cm³/mol. The van der Waals surface area contributed by atoms with Crippen LogP contribution in [0.4, 0.5) is 5.69 Å². The molecule has 0 aliphatic rings. The third-order valence-electron chi connectivity index (χ3n) is 2.11. The zero-order valence-corrected chi connectivity index (χ0v) is 11.4. The molecule has 0 atom stereocenters. The fourth-order valence-electron chi connectivity index (χ4n) is 1.28. The van der Waals surface area contributed by atoms with Crippen LogP contribution < -0.4 is 10.3 Å². The van der Waals surface area contributed by atoms with Crippen LogP contribution >= 0.6 is 27.5 Å². The maximum absolute atomic E-state index is 11.3. The normalized spacial score (nSPS) is 10.2. The minimum absolute atomic E-state index is 0.0178. The summed E-state index contributed by atoms with van der Waals surface area (Å²) in [6, 6.07) is 4.10. The zero-order chi connectivity index (χ0) is 14.0. The first-order valence-corrected chi connectivity index (χ1v) is 6.01. The number of nitro benzene ring substituents is 1. The van der Waals surface area contributed by atoms with Crippen molar-refractivity contribution in [3.8, 4) is 11.6 Å². The molecule has 0 saturated heterocycles. The number of benzene rings is 1. The summed E-state index contributed by atoms with van der Waals surface area (Å²) in [5, 5.41) is 10.9. The van der Waals surface area contributed by atoms with Crippen LogP contribution in [0.15, 0.2) is 33.8 Å². The Kier molecular flexibility index (Phi) is 3.82. The van der Waals surface area contributed by atoms with Crippen LogP contribution in [0.5, 0.6) is 11.6 Å². The molecule has 0 saturated carbocycles. The van der Waals surface area contributed by atoms with Gasteiger partial charge in [-0.05, 0) is 22.0 Å². The Labute approximate surface area is 119 Å². The summed E-state index contributed by atoms with van der Waals surface area (Å²) < 4.78 is 5.28. The predicted octanol–water partition coefficient (Wildman–Crippen LogP) is 2.89. The molecular weight excluding hydrogens is 341 g/mol. The van der Waals surface area contributed by atoms with E-state index >= 15 is 0 Å². The quantitative estimate of drug-likeness (QED) is 0.680. The van der Waals surface area contributed by atoms with Crippen LogP contribution in [0.25, 0.3) is 0 Å². The highest BCUT2D eigenvalue weighted by Gasteiger charge is 2.21. The Morgan fingerprint density at radius 3 is 2.89 bits per heavy atom. The third-order valence-corrected chi connectivity index (χ3v) is 3.10. The van der Waals surface area contributed by atoms with Gasteiger partial charge in [-0.15, -0.1) is 0 Å². The van der Waals surface area contributed by atoms with E-state index in [0.29, 0.717) is 0 Å². The van der Waals surface area contributed by atoms with Gasteiger partial charge < -0.3 is 9.72 Å². The lowest BCUT2D eigenvalue weighted by Crippen LogP contribution is -2.08. The Balaban J connectivity index is 2.52. The lowest BCUT2D eigenvalue weighted by atomic mass is 10.3. The van der Waals surface area contributed by atoms with Gasteiger partial charge in [-0.2, -0.15) is 0 Å². The highest BCUT2D eigenvalue weighted by molar-refractivity contribution is 9.10. The summed E-state index contributed by atoms with van der Waals surface area (Å²) in [6.07, 6.45) is 1.12. The van der Waals surface area contributed by atoms with E-state index in [2.05, 4.69) is 25.9 Å². The van der Waals surface area contributed by atoms with E-state index in [1.807, 2.05) is 0 Å². The molecule has 1 aromatic heterocycles. The molecule has 1 N–H and O–H groups in total. The molecule has 7 nitrogen and oxygen atoms in total. The van der Waals surface area contributed by atoms with Gasteiger partial charge in [0.2, 0.25) is 11.6 Å². The maximum atomic E-state index is 11.3. The Morgan fingerprint density at radius 1 is 1.47 bits per heavy atom. The van der Waals surface area contributed by atoms with Gasteiger partial charge in [-0.1, -0.05) is 17.7 Å². The molecule has 0 unspecified atom stereocenters. The number of nitrogens with zero attached hydrogens (tertiary/aromatic N) is 2. The van der Waals surface area contributed by atoms with Crippen LogP contribution in [0.2, 0.25) is 5.02 Å². The molecule has 98 valence electrons. The molecule has 19 heavy (non-hydrogen) atoms. The Morgan fingerprint density at radius 2 is 2.21 bits per heavy atom. The van der Waals surface area contributed by atoms with Crippen molar-refractivity contribution in [3.05, 3.63) is 54.5 Å². The minimum atomic E-state index is -0.637. The minimum Gasteiger partial charge on any atom is -0.429 e. The summed E-state index contributed by atoms with van der Waals surface area (Å²) in [5.41, 5.74) is -0.791. The lowest BCUT2D eigenvalue weighted by Gasteiger charge is -2.07. The van der Waals surface area contributed by atoms with Crippen molar-refractivity contribution >= 4 is 33.2 Å². The van der Waals surface area contributed by atoms with Gasteiger partial charge in [0.05, 0.1) is 16.3 Å². The van der Waals surface area contributed by atoms with Crippen LogP contribution in [0.3, 0.4) is 0 Å². The molecule has 0 radical (unpaired) electrons. The number of H-pyrrole nitrogens is 1. The van der Waals surface area contributed by atoms with Gasteiger partial charge in [0, 0.05) is 6.07 Å². The molecule has 0 amide bonds. The Hall–Kier alpha value is -1.93. The topological polar surface area (TPSA) is 98.1 Å². The van der Waals surface area contributed by atoms with E-state index in [1.165, 1.54) is 18.2 Å². The van der Waals surface area contributed by atoms with Crippen LogP contribution in [0.1, 0.15) is 0 Å². The van der Waals surface area contributed by atoms with E-state index in [0.717, 1.165) is 6.33 Å². The van der Waals surface area contributed by atoms with E-state index < -0.39 is 10.5 Å². The number of nitro groups is 1. The SMILES string of the molecule is O=c1[nH]cnc(Oc2c(Cl)cccc2[N+](=O)[O-])c1Br. The van der Waals surface area contributed by atoms with Gasteiger partial charge in [-0.25, -0.2) is 4.98 Å². The molecule has 9 heteroatoms. The number of ether oxygens (including phenoxy) is 1. The second kappa shape index (κ2) is 5.37. The van der Waals surface area contributed by atoms with Crippen molar-refractivity contribution in [3.63, 3.8) is 0 Å². The summed E-state index contributed by atoms with van der Waals surface area (Å²) >= 11 is 8.84. The molecule has 2 aromatic rings. The molecule has 2 rings (SSSR count). The maximum Gasteiger partial charge on any atom is 0.313 e. The second-order valence-electron chi connectivity index (χ2n) is 3.30. The second-order valence-corrected chi connectivity index (χ2v) is 4.50. The van der Waals surface area contributed by atoms with Crippen molar-refractivity contribution in [1.29, 1.82) is 0 Å². The summed E-state index contributed by atoms with van der Waals surface area (Å²) in [7, 11) is 0. The van der Waals surface area contributed by atoms with E-state index in [-0.39, 0.29) is 26.8 Å². The molecule has 1 heterocycles. The number of para-hydroxylation sites is 1. The lowest BCUT2D eigenvalue weighted by molar-refractivity contribution is -0.385. The highest BCUT2D eigenvalue weighted by Crippen LogP contribution is 2.38. The van der Waals surface area contributed by atoms with Crippen molar-refractivity contribution in [2.75, 3.05) is 0 Å². The standard InChI is InChI=1S/C10H5BrClN3O4/c11-7-9(16)13-4-14-10(7)19-8-5(12)2-1-3-6(8)15(17)18/h1-4H,(H,13,14,16). The van der Waals surface area contributed by atoms with Crippen LogP contribution in [0, 0.1) is 10.1 Å². The number of halogens is 2. The van der Waals surface area contributed by atoms with E-state index in [4.69, 9.17) is 16.3 Å². The van der Waals surface area contributed by atoms with Crippen LogP contribution in [-0.2, 0) is 0 Å². The first kappa shape index (κ1) is 13.5. The first-order valence-electron chi connectivity index (χ1n) is 4.84. The van der Waals surface area contributed by atoms with E-state index in [1.54, 1.807) is 0 Å². The van der Waals surface area contributed by atoms with Crippen LogP contribution in [-0.4, -0.2) is 14.9 Å². The smallest absolute Gasteiger partial charge is 0.313 e. The molecule has 1 aromatic carbocycles. The molecule has 0 aliphatic carbocycles. The first-order chi connectivity index (χ1) is 9.00. The summed E-state index contributed by atoms with van der Waals surface area (Å²) in [6.45, 7) is 0. The average molecular weight is 347 g/mol. The van der Waals surface area contributed by atoms with Gasteiger partial charge in [0.1, 0.15) is 4.47 Å². The number of rotatable bonds is 3. The Bertz CT molecular complexity index is 703. The zero-order valence-electron chi connectivity index (χ0n) is 9.09. The number of hydrogen-bond acceptors (Lipinski definition) is 5. The molecule has 0 fully saturated rings. The van der Waals surface area contributed by atoms with Crippen molar-refractivity contribution in [2.45, 2.75) is 0 Å². The average Bonchev–Trinajstić information content (AvgIpc) is 2.36.